The highest BCUT2D eigenvalue weighted by Gasteiger charge is 2.03. The van der Waals surface area contributed by atoms with Crippen molar-refractivity contribution in [2.45, 2.75) is 12.8 Å². The molecule has 0 aliphatic rings. The molecule has 0 aliphatic heterocycles. The molecule has 0 spiro atoms. The van der Waals surface area contributed by atoms with Crippen LogP contribution in [0.2, 0.25) is 0 Å². The third-order valence-corrected chi connectivity index (χ3v) is 2.96. The van der Waals surface area contributed by atoms with Gasteiger partial charge in [0.25, 0.3) is 0 Å². The van der Waals surface area contributed by atoms with Gasteiger partial charge in [0, 0.05) is 5.56 Å². The van der Waals surface area contributed by atoms with E-state index in [1.807, 2.05) is 24.3 Å². The van der Waals surface area contributed by atoms with Crippen molar-refractivity contribution in [1.82, 2.24) is 0 Å². The van der Waals surface area contributed by atoms with E-state index in [0.29, 0.717) is 11.1 Å². The van der Waals surface area contributed by atoms with Crippen LogP contribution in [0.4, 0.5) is 0 Å². The summed E-state index contributed by atoms with van der Waals surface area (Å²) in [6.45, 7) is 0. The molecule has 0 saturated carbocycles. The summed E-state index contributed by atoms with van der Waals surface area (Å²) in [4.78, 5) is 21.6. The molecule has 0 radical (unpaired) electrons. The number of carbonyl (C=O) groups is 2. The summed E-state index contributed by atoms with van der Waals surface area (Å²) in [5, 5.41) is 8.92. The van der Waals surface area contributed by atoms with Gasteiger partial charge in [0.15, 0.2) is 0 Å². The lowest BCUT2D eigenvalue weighted by Crippen LogP contribution is -1.98. The maximum absolute atomic E-state index is 10.9. The Hall–Kier alpha value is -2.42. The predicted molar refractivity (Wildman–Crippen MR) is 72.6 cm³/mol. The standard InChI is InChI=1S/C16H14O3/c17-11-14-5-1-3-12(9-14)7-8-13-4-2-6-15(10-13)16(18)19/h1-6,9-11H,7-8H2,(H,18,19). The van der Waals surface area contributed by atoms with Gasteiger partial charge in [0.1, 0.15) is 6.29 Å². The van der Waals surface area contributed by atoms with E-state index in [0.717, 1.165) is 30.3 Å². The van der Waals surface area contributed by atoms with E-state index in [1.54, 1.807) is 24.3 Å². The van der Waals surface area contributed by atoms with Crippen molar-refractivity contribution in [3.8, 4) is 0 Å². The maximum Gasteiger partial charge on any atom is 0.335 e. The average molecular weight is 254 g/mol. The van der Waals surface area contributed by atoms with Gasteiger partial charge >= 0.3 is 5.97 Å². The Morgan fingerprint density at radius 2 is 1.63 bits per heavy atom. The molecule has 0 fully saturated rings. The van der Waals surface area contributed by atoms with E-state index in [4.69, 9.17) is 5.11 Å². The molecular formula is C16H14O3. The van der Waals surface area contributed by atoms with E-state index in [2.05, 4.69) is 0 Å². The van der Waals surface area contributed by atoms with Gasteiger partial charge in [-0.15, -0.1) is 0 Å². The smallest absolute Gasteiger partial charge is 0.335 e. The summed E-state index contributed by atoms with van der Waals surface area (Å²) in [5.41, 5.74) is 3.03. The molecule has 0 amide bonds. The molecule has 0 aliphatic carbocycles. The van der Waals surface area contributed by atoms with Crippen molar-refractivity contribution < 1.29 is 14.7 Å². The molecule has 0 heterocycles. The van der Waals surface area contributed by atoms with Crippen molar-refractivity contribution in [3.05, 3.63) is 70.8 Å². The van der Waals surface area contributed by atoms with Crippen LogP contribution in [0.5, 0.6) is 0 Å². The summed E-state index contributed by atoms with van der Waals surface area (Å²) >= 11 is 0. The molecule has 19 heavy (non-hydrogen) atoms. The number of hydrogen-bond donors (Lipinski definition) is 1. The van der Waals surface area contributed by atoms with Gasteiger partial charge in [-0.3, -0.25) is 4.79 Å². The first-order valence-corrected chi connectivity index (χ1v) is 6.05. The Bertz CT molecular complexity index is 602. The fraction of sp³-hybridized carbons (Fsp3) is 0.125. The van der Waals surface area contributed by atoms with E-state index >= 15 is 0 Å². The van der Waals surface area contributed by atoms with Crippen molar-refractivity contribution in [1.29, 1.82) is 0 Å². The molecule has 2 aromatic rings. The monoisotopic (exact) mass is 254 g/mol. The number of aldehydes is 1. The molecule has 0 bridgehead atoms. The number of rotatable bonds is 5. The van der Waals surface area contributed by atoms with Gasteiger partial charge in [0.05, 0.1) is 5.56 Å². The van der Waals surface area contributed by atoms with Crippen LogP contribution in [0, 0.1) is 0 Å². The second kappa shape index (κ2) is 5.96. The second-order valence-corrected chi connectivity index (χ2v) is 4.37. The molecule has 3 heteroatoms. The third-order valence-electron chi connectivity index (χ3n) is 2.96. The van der Waals surface area contributed by atoms with Crippen molar-refractivity contribution in [3.63, 3.8) is 0 Å². The zero-order valence-electron chi connectivity index (χ0n) is 10.4. The van der Waals surface area contributed by atoms with Crippen LogP contribution in [0.3, 0.4) is 0 Å². The summed E-state index contributed by atoms with van der Waals surface area (Å²) in [5.74, 6) is -0.912. The Kier molecular flexibility index (Phi) is 4.08. The minimum absolute atomic E-state index is 0.305. The van der Waals surface area contributed by atoms with Crippen molar-refractivity contribution in [2.24, 2.45) is 0 Å². The van der Waals surface area contributed by atoms with Crippen molar-refractivity contribution >= 4 is 12.3 Å². The Balaban J connectivity index is 2.07. The Labute approximate surface area is 111 Å². The number of aryl methyl sites for hydroxylation is 2. The quantitative estimate of drug-likeness (QED) is 0.834. The number of benzene rings is 2. The predicted octanol–water partition coefficient (Wildman–Crippen LogP) is 2.98. The first kappa shape index (κ1) is 13.0. The molecule has 2 aromatic carbocycles. The molecule has 2 rings (SSSR count). The lowest BCUT2D eigenvalue weighted by atomic mass is 10.0. The second-order valence-electron chi connectivity index (χ2n) is 4.37. The SMILES string of the molecule is O=Cc1cccc(CCc2cccc(C(=O)O)c2)c1. The van der Waals surface area contributed by atoms with Gasteiger partial charge < -0.3 is 5.11 Å². The summed E-state index contributed by atoms with van der Waals surface area (Å²) in [6.07, 6.45) is 2.36. The molecule has 96 valence electrons. The van der Waals surface area contributed by atoms with E-state index < -0.39 is 5.97 Å². The van der Waals surface area contributed by atoms with Gasteiger partial charge in [0.2, 0.25) is 0 Å². The first-order chi connectivity index (χ1) is 9.19. The Morgan fingerprint density at radius 1 is 1.00 bits per heavy atom. The first-order valence-electron chi connectivity index (χ1n) is 6.05. The van der Waals surface area contributed by atoms with Gasteiger partial charge in [-0.1, -0.05) is 30.3 Å². The van der Waals surface area contributed by atoms with Crippen LogP contribution in [-0.2, 0) is 12.8 Å². The number of carboxylic acids is 1. The minimum atomic E-state index is -0.912. The lowest BCUT2D eigenvalue weighted by Gasteiger charge is -2.04. The zero-order valence-corrected chi connectivity index (χ0v) is 10.4. The van der Waals surface area contributed by atoms with E-state index in [-0.39, 0.29) is 0 Å². The molecule has 1 N–H and O–H groups in total. The van der Waals surface area contributed by atoms with E-state index in [9.17, 15) is 9.59 Å². The van der Waals surface area contributed by atoms with E-state index in [1.165, 1.54) is 0 Å². The zero-order chi connectivity index (χ0) is 13.7. The van der Waals surface area contributed by atoms with Crippen LogP contribution >= 0.6 is 0 Å². The molecule has 0 atom stereocenters. The van der Waals surface area contributed by atoms with Crippen LogP contribution in [0.25, 0.3) is 0 Å². The lowest BCUT2D eigenvalue weighted by molar-refractivity contribution is 0.0696. The topological polar surface area (TPSA) is 54.4 Å². The highest BCUT2D eigenvalue weighted by atomic mass is 16.4. The normalized spacial score (nSPS) is 10.1. The third kappa shape index (κ3) is 3.52. The summed E-state index contributed by atoms with van der Waals surface area (Å²) in [6, 6.07) is 14.4. The van der Waals surface area contributed by atoms with Crippen molar-refractivity contribution in [2.75, 3.05) is 0 Å². The molecule has 3 nitrogen and oxygen atoms in total. The minimum Gasteiger partial charge on any atom is -0.478 e. The van der Waals surface area contributed by atoms with Crippen LogP contribution < -0.4 is 0 Å². The maximum atomic E-state index is 10.9. The van der Waals surface area contributed by atoms with Gasteiger partial charge in [-0.05, 0) is 42.2 Å². The molecular weight excluding hydrogens is 240 g/mol. The number of carbonyl (C=O) groups excluding carboxylic acids is 1. The van der Waals surface area contributed by atoms with Crippen LogP contribution in [0.1, 0.15) is 31.8 Å². The van der Waals surface area contributed by atoms with Gasteiger partial charge in [-0.25, -0.2) is 4.79 Å². The molecule has 0 unspecified atom stereocenters. The fourth-order valence-corrected chi connectivity index (χ4v) is 1.97. The summed E-state index contributed by atoms with van der Waals surface area (Å²) in [7, 11) is 0. The Morgan fingerprint density at radius 3 is 2.26 bits per heavy atom. The van der Waals surface area contributed by atoms with Gasteiger partial charge in [-0.2, -0.15) is 0 Å². The highest BCUT2D eigenvalue weighted by molar-refractivity contribution is 5.87. The molecule has 0 aromatic heterocycles. The number of hydrogen-bond acceptors (Lipinski definition) is 2. The number of carboxylic acid groups (broad SMARTS) is 1. The largest absolute Gasteiger partial charge is 0.478 e. The van der Waals surface area contributed by atoms with Crippen LogP contribution in [-0.4, -0.2) is 17.4 Å². The van der Waals surface area contributed by atoms with Crippen LogP contribution in [0.15, 0.2) is 48.5 Å². The average Bonchev–Trinajstić information content (AvgIpc) is 2.45. The molecule has 0 saturated heterocycles. The fourth-order valence-electron chi connectivity index (χ4n) is 1.97. The number of aromatic carboxylic acids is 1. The summed E-state index contributed by atoms with van der Waals surface area (Å²) < 4.78 is 0. The highest BCUT2D eigenvalue weighted by Crippen LogP contribution is 2.11.